The number of thiazole rings is 1. The highest BCUT2D eigenvalue weighted by molar-refractivity contribution is 7.10. The average Bonchev–Trinajstić information content (AvgIpc) is 2.93. The van der Waals surface area contributed by atoms with Crippen molar-refractivity contribution in [3.63, 3.8) is 0 Å². The van der Waals surface area contributed by atoms with Crippen molar-refractivity contribution in [2.45, 2.75) is 39.5 Å². The number of rotatable bonds is 6. The SMILES string of the molecule is Cc1ccc(C)c(OCCC(C)(C)c2nc(C(=O)O)cs2)c1. The first kappa shape index (κ1) is 16.5. The van der Waals surface area contributed by atoms with E-state index in [0.717, 1.165) is 22.7 Å². The summed E-state index contributed by atoms with van der Waals surface area (Å²) in [5, 5.41) is 11.4. The summed E-state index contributed by atoms with van der Waals surface area (Å²) in [7, 11) is 0. The van der Waals surface area contributed by atoms with Crippen LogP contribution in [-0.2, 0) is 5.41 Å². The Labute approximate surface area is 134 Å². The molecule has 0 saturated carbocycles. The third-order valence-corrected chi connectivity index (χ3v) is 4.84. The predicted octanol–water partition coefficient (Wildman–Crippen LogP) is 4.20. The van der Waals surface area contributed by atoms with Gasteiger partial charge in [0.1, 0.15) is 5.75 Å². The number of aromatic nitrogens is 1. The highest BCUT2D eigenvalue weighted by atomic mass is 32.1. The van der Waals surface area contributed by atoms with Crippen molar-refractivity contribution >= 4 is 17.3 Å². The van der Waals surface area contributed by atoms with Crippen molar-refractivity contribution in [1.82, 2.24) is 4.98 Å². The number of carboxylic acids is 1. The van der Waals surface area contributed by atoms with E-state index in [2.05, 4.69) is 31.0 Å². The van der Waals surface area contributed by atoms with E-state index >= 15 is 0 Å². The second kappa shape index (κ2) is 6.48. The predicted molar refractivity (Wildman–Crippen MR) is 88.1 cm³/mol. The number of carbonyl (C=O) groups is 1. The summed E-state index contributed by atoms with van der Waals surface area (Å²) >= 11 is 1.39. The molecule has 0 radical (unpaired) electrons. The molecular weight excluding hydrogens is 298 g/mol. The summed E-state index contributed by atoms with van der Waals surface area (Å²) < 4.78 is 5.89. The number of benzene rings is 1. The molecule has 0 aliphatic heterocycles. The van der Waals surface area contributed by atoms with E-state index in [1.807, 2.05) is 19.9 Å². The molecular formula is C17H21NO3S. The molecule has 0 bridgehead atoms. The minimum absolute atomic E-state index is 0.114. The first-order valence-electron chi connectivity index (χ1n) is 7.19. The molecule has 22 heavy (non-hydrogen) atoms. The van der Waals surface area contributed by atoms with Crippen LogP contribution in [0, 0.1) is 13.8 Å². The molecule has 1 N–H and O–H groups in total. The molecule has 0 atom stereocenters. The Balaban J connectivity index is 2.00. The number of aryl methyl sites for hydroxylation is 2. The van der Waals surface area contributed by atoms with Crippen LogP contribution in [0.4, 0.5) is 0 Å². The molecule has 118 valence electrons. The lowest BCUT2D eigenvalue weighted by Gasteiger charge is -2.22. The van der Waals surface area contributed by atoms with Gasteiger partial charge in [-0.15, -0.1) is 11.3 Å². The molecule has 0 amide bonds. The Kier molecular flexibility index (Phi) is 4.86. The molecule has 0 fully saturated rings. The molecule has 1 heterocycles. The van der Waals surface area contributed by atoms with E-state index in [1.165, 1.54) is 16.9 Å². The highest BCUT2D eigenvalue weighted by Crippen LogP contribution is 2.30. The Bertz CT molecular complexity index is 676. The van der Waals surface area contributed by atoms with Crippen molar-refractivity contribution in [2.24, 2.45) is 0 Å². The van der Waals surface area contributed by atoms with Crippen LogP contribution in [0.1, 0.15) is 46.9 Å². The zero-order valence-corrected chi connectivity index (χ0v) is 14.2. The van der Waals surface area contributed by atoms with Gasteiger partial charge in [-0.25, -0.2) is 9.78 Å². The van der Waals surface area contributed by atoms with Crippen LogP contribution in [0.25, 0.3) is 0 Å². The van der Waals surface area contributed by atoms with Gasteiger partial charge >= 0.3 is 5.97 Å². The van der Waals surface area contributed by atoms with Gasteiger partial charge in [-0.3, -0.25) is 0 Å². The maximum atomic E-state index is 10.9. The number of nitrogens with zero attached hydrogens (tertiary/aromatic N) is 1. The number of hydrogen-bond donors (Lipinski definition) is 1. The van der Waals surface area contributed by atoms with Crippen molar-refractivity contribution in [3.8, 4) is 5.75 Å². The number of carboxylic acid groups (broad SMARTS) is 1. The lowest BCUT2D eigenvalue weighted by molar-refractivity contribution is 0.0691. The van der Waals surface area contributed by atoms with Crippen molar-refractivity contribution < 1.29 is 14.6 Å². The van der Waals surface area contributed by atoms with Gasteiger partial charge in [0.2, 0.25) is 0 Å². The van der Waals surface area contributed by atoms with Crippen molar-refractivity contribution in [3.05, 3.63) is 45.4 Å². The molecule has 2 aromatic rings. The zero-order chi connectivity index (χ0) is 16.3. The average molecular weight is 319 g/mol. The standard InChI is InChI=1S/C17H21NO3S/c1-11-5-6-12(2)14(9-11)21-8-7-17(3,4)16-18-13(10-22-16)15(19)20/h5-6,9-10H,7-8H2,1-4H3,(H,19,20). The minimum Gasteiger partial charge on any atom is -0.493 e. The van der Waals surface area contributed by atoms with Gasteiger partial charge in [-0.05, 0) is 37.5 Å². The fraction of sp³-hybridized carbons (Fsp3) is 0.412. The van der Waals surface area contributed by atoms with Gasteiger partial charge in [0.05, 0.1) is 11.6 Å². The Hall–Kier alpha value is -1.88. The van der Waals surface area contributed by atoms with Crippen LogP contribution in [0.15, 0.2) is 23.6 Å². The van der Waals surface area contributed by atoms with E-state index < -0.39 is 5.97 Å². The Morgan fingerprint density at radius 1 is 1.36 bits per heavy atom. The Morgan fingerprint density at radius 2 is 2.09 bits per heavy atom. The van der Waals surface area contributed by atoms with Crippen molar-refractivity contribution in [1.29, 1.82) is 0 Å². The molecule has 0 unspecified atom stereocenters. The second-order valence-electron chi connectivity index (χ2n) is 6.09. The summed E-state index contributed by atoms with van der Waals surface area (Å²) in [6, 6.07) is 6.15. The van der Waals surface area contributed by atoms with E-state index in [1.54, 1.807) is 5.38 Å². The maximum absolute atomic E-state index is 10.9. The van der Waals surface area contributed by atoms with Crippen LogP contribution in [-0.4, -0.2) is 22.7 Å². The van der Waals surface area contributed by atoms with E-state index in [0.29, 0.717) is 6.61 Å². The summed E-state index contributed by atoms with van der Waals surface area (Å²) in [5.41, 5.74) is 2.19. The summed E-state index contributed by atoms with van der Waals surface area (Å²) in [6.07, 6.45) is 0.771. The first-order valence-corrected chi connectivity index (χ1v) is 8.07. The van der Waals surface area contributed by atoms with Gasteiger partial charge in [-0.2, -0.15) is 0 Å². The maximum Gasteiger partial charge on any atom is 0.355 e. The topological polar surface area (TPSA) is 59.4 Å². The normalized spacial score (nSPS) is 11.5. The third kappa shape index (κ3) is 3.85. The van der Waals surface area contributed by atoms with Crippen LogP contribution < -0.4 is 4.74 Å². The zero-order valence-electron chi connectivity index (χ0n) is 13.3. The summed E-state index contributed by atoms with van der Waals surface area (Å²) in [6.45, 7) is 8.76. The fourth-order valence-corrected chi connectivity index (χ4v) is 3.02. The van der Waals surface area contributed by atoms with Crippen molar-refractivity contribution in [2.75, 3.05) is 6.61 Å². The number of hydrogen-bond acceptors (Lipinski definition) is 4. The molecule has 0 spiro atoms. The third-order valence-electron chi connectivity index (χ3n) is 3.63. The molecule has 0 saturated heterocycles. The first-order chi connectivity index (χ1) is 10.3. The quantitative estimate of drug-likeness (QED) is 0.866. The molecule has 4 nitrogen and oxygen atoms in total. The molecule has 2 rings (SSSR count). The van der Waals surface area contributed by atoms with E-state index in [9.17, 15) is 4.79 Å². The van der Waals surface area contributed by atoms with Crippen LogP contribution in [0.3, 0.4) is 0 Å². The summed E-state index contributed by atoms with van der Waals surface area (Å²) in [4.78, 5) is 15.1. The van der Waals surface area contributed by atoms with E-state index in [4.69, 9.17) is 9.84 Å². The minimum atomic E-state index is -0.982. The lowest BCUT2D eigenvalue weighted by Crippen LogP contribution is -2.21. The van der Waals surface area contributed by atoms with Crippen LogP contribution in [0.5, 0.6) is 5.75 Å². The van der Waals surface area contributed by atoms with Gasteiger partial charge in [0, 0.05) is 10.8 Å². The molecule has 5 heteroatoms. The molecule has 1 aromatic heterocycles. The molecule has 0 aliphatic carbocycles. The van der Waals surface area contributed by atoms with Gasteiger partial charge in [0.25, 0.3) is 0 Å². The van der Waals surface area contributed by atoms with Crippen LogP contribution >= 0.6 is 11.3 Å². The smallest absolute Gasteiger partial charge is 0.355 e. The summed E-state index contributed by atoms with van der Waals surface area (Å²) in [5.74, 6) is -0.0777. The molecule has 0 aliphatic rings. The van der Waals surface area contributed by atoms with Crippen LogP contribution in [0.2, 0.25) is 0 Å². The number of aromatic carboxylic acids is 1. The highest BCUT2D eigenvalue weighted by Gasteiger charge is 2.25. The molecule has 1 aromatic carbocycles. The lowest BCUT2D eigenvalue weighted by atomic mass is 9.90. The monoisotopic (exact) mass is 319 g/mol. The van der Waals surface area contributed by atoms with E-state index in [-0.39, 0.29) is 11.1 Å². The fourth-order valence-electron chi connectivity index (χ4n) is 2.07. The largest absolute Gasteiger partial charge is 0.493 e. The van der Waals surface area contributed by atoms with Gasteiger partial charge in [0.15, 0.2) is 5.69 Å². The second-order valence-corrected chi connectivity index (χ2v) is 6.95. The van der Waals surface area contributed by atoms with Gasteiger partial charge in [-0.1, -0.05) is 26.0 Å². The Morgan fingerprint density at radius 3 is 2.73 bits per heavy atom. The van der Waals surface area contributed by atoms with Gasteiger partial charge < -0.3 is 9.84 Å². The number of ether oxygens (including phenoxy) is 1.